The van der Waals surface area contributed by atoms with E-state index in [0.717, 1.165) is 38.8 Å². The largest absolute Gasteiger partial charge is 0.384 e. The van der Waals surface area contributed by atoms with Gasteiger partial charge < -0.3 is 15.0 Å². The molecule has 0 aromatic rings. The van der Waals surface area contributed by atoms with Crippen molar-refractivity contribution in [1.29, 1.82) is 0 Å². The van der Waals surface area contributed by atoms with E-state index in [1.54, 1.807) is 7.11 Å². The molecule has 0 bridgehead atoms. The van der Waals surface area contributed by atoms with E-state index >= 15 is 0 Å². The molecule has 0 radical (unpaired) electrons. The van der Waals surface area contributed by atoms with Crippen LogP contribution in [-0.4, -0.2) is 49.6 Å². The van der Waals surface area contributed by atoms with E-state index in [1.807, 2.05) is 4.90 Å². The molecular weight excluding hydrogens is 244 g/mol. The summed E-state index contributed by atoms with van der Waals surface area (Å²) >= 11 is 0. The Labute approximate surface area is 115 Å². The minimum Gasteiger partial charge on any atom is -0.384 e. The first-order valence-corrected chi connectivity index (χ1v) is 7.23. The number of piperidine rings is 1. The van der Waals surface area contributed by atoms with Gasteiger partial charge in [-0.2, -0.15) is 0 Å². The van der Waals surface area contributed by atoms with E-state index in [-0.39, 0.29) is 17.9 Å². The van der Waals surface area contributed by atoms with Crippen molar-refractivity contribution in [3.63, 3.8) is 0 Å². The third-order valence-corrected chi connectivity index (χ3v) is 3.49. The number of rotatable bonds is 7. The molecule has 0 unspecified atom stereocenters. The van der Waals surface area contributed by atoms with Gasteiger partial charge in [0.15, 0.2) is 0 Å². The van der Waals surface area contributed by atoms with E-state index in [4.69, 9.17) is 4.74 Å². The van der Waals surface area contributed by atoms with Crippen LogP contribution in [0.5, 0.6) is 0 Å². The number of hydrogen-bond donors (Lipinski definition) is 1. The predicted molar refractivity (Wildman–Crippen MR) is 73.8 cm³/mol. The topological polar surface area (TPSA) is 58.6 Å². The number of carbonyl (C=O) groups excluding carboxylic acids is 2. The van der Waals surface area contributed by atoms with Gasteiger partial charge >= 0.3 is 0 Å². The molecule has 1 fully saturated rings. The van der Waals surface area contributed by atoms with Crippen molar-refractivity contribution < 1.29 is 14.3 Å². The summed E-state index contributed by atoms with van der Waals surface area (Å²) in [5.74, 6) is 0.295. The third kappa shape index (κ3) is 6.05. The lowest BCUT2D eigenvalue weighted by molar-refractivity contribution is -0.132. The zero-order chi connectivity index (χ0) is 14.1. The highest BCUT2D eigenvalue weighted by molar-refractivity contribution is 5.77. The van der Waals surface area contributed by atoms with E-state index in [0.29, 0.717) is 19.4 Å². The molecule has 1 aliphatic rings. The van der Waals surface area contributed by atoms with E-state index < -0.39 is 0 Å². The average molecular weight is 270 g/mol. The fourth-order valence-electron chi connectivity index (χ4n) is 2.25. The summed E-state index contributed by atoms with van der Waals surface area (Å²) in [7, 11) is 1.59. The van der Waals surface area contributed by atoms with Gasteiger partial charge in [0.25, 0.3) is 0 Å². The summed E-state index contributed by atoms with van der Waals surface area (Å²) in [4.78, 5) is 25.3. The van der Waals surface area contributed by atoms with Crippen molar-refractivity contribution in [2.24, 2.45) is 0 Å². The zero-order valence-electron chi connectivity index (χ0n) is 12.1. The van der Waals surface area contributed by atoms with Crippen molar-refractivity contribution in [2.75, 3.05) is 26.8 Å². The predicted octanol–water partition coefficient (Wildman–Crippen LogP) is 1.32. The van der Waals surface area contributed by atoms with E-state index in [9.17, 15) is 9.59 Å². The summed E-state index contributed by atoms with van der Waals surface area (Å²) in [5, 5.41) is 3.00. The maximum atomic E-state index is 11.8. The summed E-state index contributed by atoms with van der Waals surface area (Å²) in [6.45, 7) is 4.07. The lowest BCUT2D eigenvalue weighted by atomic mass is 10.0. The van der Waals surface area contributed by atoms with Gasteiger partial charge in [0.05, 0.1) is 6.61 Å². The van der Waals surface area contributed by atoms with Crippen molar-refractivity contribution in [1.82, 2.24) is 10.2 Å². The van der Waals surface area contributed by atoms with Gasteiger partial charge in [-0.25, -0.2) is 0 Å². The molecule has 5 heteroatoms. The molecule has 5 nitrogen and oxygen atoms in total. The molecule has 1 heterocycles. The summed E-state index contributed by atoms with van der Waals surface area (Å²) < 4.78 is 4.87. The maximum absolute atomic E-state index is 11.8. The molecule has 1 aliphatic heterocycles. The van der Waals surface area contributed by atoms with Crippen LogP contribution in [0.15, 0.2) is 0 Å². The van der Waals surface area contributed by atoms with Crippen LogP contribution in [0, 0.1) is 0 Å². The minimum atomic E-state index is 0.0395. The number of carbonyl (C=O) groups is 2. The molecule has 1 saturated heterocycles. The van der Waals surface area contributed by atoms with Gasteiger partial charge in [-0.15, -0.1) is 0 Å². The van der Waals surface area contributed by atoms with Crippen LogP contribution in [0.25, 0.3) is 0 Å². The number of likely N-dealkylation sites (tertiary alicyclic amines) is 1. The van der Waals surface area contributed by atoms with Gasteiger partial charge in [0.1, 0.15) is 0 Å². The Bertz CT molecular complexity index is 286. The fraction of sp³-hybridized carbons (Fsp3) is 0.857. The van der Waals surface area contributed by atoms with Crippen LogP contribution in [0.3, 0.4) is 0 Å². The lowest BCUT2D eigenvalue weighted by Crippen LogP contribution is -2.46. The van der Waals surface area contributed by atoms with Crippen LogP contribution in [-0.2, 0) is 14.3 Å². The Morgan fingerprint density at radius 3 is 2.53 bits per heavy atom. The number of ether oxygens (including phenoxy) is 1. The minimum absolute atomic E-state index is 0.0395. The second-order valence-corrected chi connectivity index (χ2v) is 5.07. The molecule has 0 aliphatic carbocycles. The summed E-state index contributed by atoms with van der Waals surface area (Å²) in [6, 6.07) is 0.208. The number of hydrogen-bond acceptors (Lipinski definition) is 3. The molecular formula is C14H26N2O3. The van der Waals surface area contributed by atoms with Gasteiger partial charge in [-0.05, 0) is 19.3 Å². The SMILES string of the molecule is CCCCC(=O)N1CCC(NC(=O)CCOC)CC1. The van der Waals surface area contributed by atoms with E-state index in [1.165, 1.54) is 0 Å². The molecule has 0 atom stereocenters. The Morgan fingerprint density at radius 2 is 1.95 bits per heavy atom. The molecule has 0 saturated carbocycles. The second kappa shape index (κ2) is 8.91. The van der Waals surface area contributed by atoms with Gasteiger partial charge in [0, 0.05) is 39.1 Å². The van der Waals surface area contributed by atoms with Gasteiger partial charge in [0.2, 0.25) is 11.8 Å². The van der Waals surface area contributed by atoms with Gasteiger partial charge in [-0.3, -0.25) is 9.59 Å². The standard InChI is InChI=1S/C14H26N2O3/c1-3-4-5-14(18)16-9-6-12(7-10-16)15-13(17)8-11-19-2/h12H,3-11H2,1-2H3,(H,15,17). The Hall–Kier alpha value is -1.10. The smallest absolute Gasteiger partial charge is 0.222 e. The first kappa shape index (κ1) is 16.0. The number of methoxy groups -OCH3 is 1. The highest BCUT2D eigenvalue weighted by Gasteiger charge is 2.23. The lowest BCUT2D eigenvalue weighted by Gasteiger charge is -2.32. The Morgan fingerprint density at radius 1 is 1.26 bits per heavy atom. The normalized spacial score (nSPS) is 16.4. The molecule has 1 N–H and O–H groups in total. The van der Waals surface area contributed by atoms with Gasteiger partial charge in [-0.1, -0.05) is 13.3 Å². The molecule has 1 rings (SSSR count). The molecule has 19 heavy (non-hydrogen) atoms. The first-order chi connectivity index (χ1) is 9.17. The molecule has 2 amide bonds. The van der Waals surface area contributed by atoms with Crippen LogP contribution >= 0.6 is 0 Å². The van der Waals surface area contributed by atoms with E-state index in [2.05, 4.69) is 12.2 Å². The number of nitrogens with zero attached hydrogens (tertiary/aromatic N) is 1. The van der Waals surface area contributed by atoms with Crippen LogP contribution in [0.4, 0.5) is 0 Å². The quantitative estimate of drug-likeness (QED) is 0.759. The van der Waals surface area contributed by atoms with Crippen LogP contribution < -0.4 is 5.32 Å². The van der Waals surface area contributed by atoms with Crippen LogP contribution in [0.2, 0.25) is 0 Å². The monoisotopic (exact) mass is 270 g/mol. The molecule has 0 spiro atoms. The number of nitrogens with one attached hydrogen (secondary N) is 1. The number of amides is 2. The van der Waals surface area contributed by atoms with Crippen molar-refractivity contribution in [3.05, 3.63) is 0 Å². The second-order valence-electron chi connectivity index (χ2n) is 5.07. The maximum Gasteiger partial charge on any atom is 0.222 e. The highest BCUT2D eigenvalue weighted by Crippen LogP contribution is 2.12. The molecule has 0 aromatic carbocycles. The Balaban J connectivity index is 2.21. The summed E-state index contributed by atoms with van der Waals surface area (Å²) in [6.07, 6.45) is 4.80. The zero-order valence-corrected chi connectivity index (χ0v) is 12.1. The van der Waals surface area contributed by atoms with Crippen molar-refractivity contribution in [2.45, 2.75) is 51.5 Å². The first-order valence-electron chi connectivity index (χ1n) is 7.23. The van der Waals surface area contributed by atoms with Crippen LogP contribution in [0.1, 0.15) is 45.4 Å². The Kier molecular flexibility index (Phi) is 7.48. The summed E-state index contributed by atoms with van der Waals surface area (Å²) in [5.41, 5.74) is 0. The van der Waals surface area contributed by atoms with Crippen molar-refractivity contribution in [3.8, 4) is 0 Å². The number of unbranched alkanes of at least 4 members (excludes halogenated alkanes) is 1. The fourth-order valence-corrected chi connectivity index (χ4v) is 2.25. The highest BCUT2D eigenvalue weighted by atomic mass is 16.5. The molecule has 110 valence electrons. The third-order valence-electron chi connectivity index (χ3n) is 3.49. The average Bonchev–Trinajstić information content (AvgIpc) is 2.43. The molecule has 0 aromatic heterocycles. The van der Waals surface area contributed by atoms with Crippen molar-refractivity contribution >= 4 is 11.8 Å².